The number of imidazole rings is 1. The second kappa shape index (κ2) is 8.53. The molecule has 1 aromatic heterocycles. The third-order valence-corrected chi connectivity index (χ3v) is 4.74. The van der Waals surface area contributed by atoms with Gasteiger partial charge in [-0.2, -0.15) is 5.26 Å². The van der Waals surface area contributed by atoms with Crippen LogP contribution in [0, 0.1) is 18.3 Å². The normalized spacial score (nSPS) is 11.5. The fraction of sp³-hybridized carbons (Fsp3) is 0.217. The fourth-order valence-corrected chi connectivity index (χ4v) is 3.23. The van der Waals surface area contributed by atoms with Crippen molar-refractivity contribution >= 4 is 18.4 Å². The number of amidine groups is 1. The lowest BCUT2D eigenvalue weighted by Gasteiger charge is -2.12. The molecule has 0 bridgehead atoms. The molecular weight excluding hydrogens is 362 g/mol. The molecule has 0 aliphatic rings. The summed E-state index contributed by atoms with van der Waals surface area (Å²) in [7, 11) is 0. The molecule has 0 aliphatic heterocycles. The zero-order valence-corrected chi connectivity index (χ0v) is 16.8. The summed E-state index contributed by atoms with van der Waals surface area (Å²) >= 11 is 0. The van der Waals surface area contributed by atoms with E-state index >= 15 is 0 Å². The summed E-state index contributed by atoms with van der Waals surface area (Å²) in [4.78, 5) is 24.2. The average molecular weight is 385 g/mol. The van der Waals surface area contributed by atoms with Crippen LogP contribution in [0.15, 0.2) is 63.3 Å². The second-order valence-electron chi connectivity index (χ2n) is 7.11. The van der Waals surface area contributed by atoms with Crippen molar-refractivity contribution in [3.05, 3.63) is 87.0 Å². The molecule has 1 N–H and O–H groups in total. The summed E-state index contributed by atoms with van der Waals surface area (Å²) in [5.41, 5.74) is 3.91. The molecule has 6 nitrogen and oxygen atoms in total. The number of nitriles is 1. The molecule has 146 valence electrons. The molecule has 6 heteroatoms. The first-order chi connectivity index (χ1) is 13.9. The summed E-state index contributed by atoms with van der Waals surface area (Å²) in [5, 5.41) is 8.96. The molecule has 0 spiro atoms. The highest BCUT2D eigenvalue weighted by molar-refractivity contribution is 6.04. The predicted octanol–water partition coefficient (Wildman–Crippen LogP) is 4.31. The SMILES string of the molecule is C=NC(=Nc1c(C)[nH]c(=O)n1Cc1ccc(C#N)cc1)c1ccccc1C(C)C. The van der Waals surface area contributed by atoms with Gasteiger partial charge in [0.2, 0.25) is 0 Å². The van der Waals surface area contributed by atoms with E-state index in [1.54, 1.807) is 16.7 Å². The van der Waals surface area contributed by atoms with Gasteiger partial charge in [-0.15, -0.1) is 0 Å². The number of rotatable bonds is 5. The number of aromatic amines is 1. The minimum atomic E-state index is -0.244. The van der Waals surface area contributed by atoms with E-state index in [4.69, 9.17) is 10.3 Å². The van der Waals surface area contributed by atoms with Gasteiger partial charge in [0.05, 0.1) is 23.9 Å². The molecule has 0 saturated heterocycles. The van der Waals surface area contributed by atoms with Gasteiger partial charge in [0.15, 0.2) is 11.7 Å². The number of benzene rings is 2. The van der Waals surface area contributed by atoms with Gasteiger partial charge in [0.1, 0.15) is 0 Å². The third-order valence-electron chi connectivity index (χ3n) is 4.74. The Bertz CT molecular complexity index is 1160. The largest absolute Gasteiger partial charge is 0.327 e. The molecule has 29 heavy (non-hydrogen) atoms. The lowest BCUT2D eigenvalue weighted by molar-refractivity contribution is 0.764. The Morgan fingerprint density at radius 3 is 2.52 bits per heavy atom. The van der Waals surface area contributed by atoms with E-state index in [9.17, 15) is 4.79 Å². The smallest absolute Gasteiger partial charge is 0.308 e. The molecular formula is C23H23N5O. The molecule has 0 radical (unpaired) electrons. The summed E-state index contributed by atoms with van der Waals surface area (Å²) in [6, 6.07) is 17.2. The lowest BCUT2D eigenvalue weighted by Crippen LogP contribution is -2.17. The Balaban J connectivity index is 2.08. The van der Waals surface area contributed by atoms with Crippen molar-refractivity contribution in [1.29, 1.82) is 5.26 Å². The van der Waals surface area contributed by atoms with E-state index < -0.39 is 0 Å². The van der Waals surface area contributed by atoms with Gasteiger partial charge in [-0.1, -0.05) is 50.2 Å². The van der Waals surface area contributed by atoms with Crippen molar-refractivity contribution in [2.75, 3.05) is 0 Å². The number of hydrogen-bond donors (Lipinski definition) is 1. The zero-order chi connectivity index (χ0) is 21.0. The van der Waals surface area contributed by atoms with Crippen molar-refractivity contribution in [3.8, 4) is 6.07 Å². The van der Waals surface area contributed by atoms with Crippen molar-refractivity contribution < 1.29 is 0 Å². The second-order valence-corrected chi connectivity index (χ2v) is 7.11. The van der Waals surface area contributed by atoms with Gasteiger partial charge in [-0.3, -0.25) is 4.57 Å². The van der Waals surface area contributed by atoms with E-state index in [-0.39, 0.29) is 5.69 Å². The first-order valence-electron chi connectivity index (χ1n) is 9.37. The van der Waals surface area contributed by atoms with Crippen LogP contribution in [0.2, 0.25) is 0 Å². The van der Waals surface area contributed by atoms with Gasteiger partial charge >= 0.3 is 5.69 Å². The minimum absolute atomic E-state index is 0.244. The van der Waals surface area contributed by atoms with Gasteiger partial charge in [-0.25, -0.2) is 14.8 Å². The number of aliphatic imine (C=N–C) groups is 2. The number of aromatic nitrogens is 2. The van der Waals surface area contributed by atoms with E-state index in [0.717, 1.165) is 16.7 Å². The Hall–Kier alpha value is -3.72. The van der Waals surface area contributed by atoms with Crippen LogP contribution in [0.3, 0.4) is 0 Å². The van der Waals surface area contributed by atoms with Crippen LogP contribution in [0.25, 0.3) is 0 Å². The fourth-order valence-electron chi connectivity index (χ4n) is 3.23. The Kier molecular flexibility index (Phi) is 5.89. The van der Waals surface area contributed by atoms with Crippen LogP contribution in [0.4, 0.5) is 5.82 Å². The number of aryl methyl sites for hydroxylation is 1. The van der Waals surface area contributed by atoms with Gasteiger partial charge in [-0.05, 0) is 42.8 Å². The highest BCUT2D eigenvalue weighted by Crippen LogP contribution is 2.24. The molecule has 0 unspecified atom stereocenters. The van der Waals surface area contributed by atoms with Crippen molar-refractivity contribution in [2.45, 2.75) is 33.2 Å². The summed E-state index contributed by atoms with van der Waals surface area (Å²) in [6.45, 7) is 10.1. The highest BCUT2D eigenvalue weighted by Gasteiger charge is 2.15. The first kappa shape index (κ1) is 20.0. The van der Waals surface area contributed by atoms with Crippen LogP contribution in [-0.4, -0.2) is 22.1 Å². The van der Waals surface area contributed by atoms with Crippen LogP contribution >= 0.6 is 0 Å². The Labute approximate surface area is 169 Å². The van der Waals surface area contributed by atoms with Crippen molar-refractivity contribution in [3.63, 3.8) is 0 Å². The maximum atomic E-state index is 12.5. The first-order valence-corrected chi connectivity index (χ1v) is 9.37. The van der Waals surface area contributed by atoms with E-state index in [2.05, 4.69) is 42.7 Å². The van der Waals surface area contributed by atoms with Gasteiger partial charge < -0.3 is 4.98 Å². The minimum Gasteiger partial charge on any atom is -0.308 e. The summed E-state index contributed by atoms with van der Waals surface area (Å²) in [6.07, 6.45) is 0. The maximum absolute atomic E-state index is 12.5. The lowest BCUT2D eigenvalue weighted by atomic mass is 9.96. The zero-order valence-electron chi connectivity index (χ0n) is 16.8. The average Bonchev–Trinajstić information content (AvgIpc) is 2.99. The topological polar surface area (TPSA) is 86.3 Å². The number of hydrogen-bond acceptors (Lipinski definition) is 3. The quantitative estimate of drug-likeness (QED) is 0.524. The van der Waals surface area contributed by atoms with Crippen LogP contribution in [-0.2, 0) is 6.54 Å². The Morgan fingerprint density at radius 2 is 1.90 bits per heavy atom. The van der Waals surface area contributed by atoms with Crippen LogP contribution in [0.1, 0.15) is 47.7 Å². The highest BCUT2D eigenvalue weighted by atomic mass is 16.1. The van der Waals surface area contributed by atoms with E-state index in [1.165, 1.54) is 0 Å². The van der Waals surface area contributed by atoms with Crippen molar-refractivity contribution in [2.24, 2.45) is 9.98 Å². The van der Waals surface area contributed by atoms with E-state index in [1.807, 2.05) is 37.3 Å². The van der Waals surface area contributed by atoms with Crippen LogP contribution in [0.5, 0.6) is 0 Å². The number of nitrogens with one attached hydrogen (secondary N) is 1. The predicted molar refractivity (Wildman–Crippen MR) is 116 cm³/mol. The molecule has 3 aromatic rings. The monoisotopic (exact) mass is 385 g/mol. The molecule has 0 fully saturated rings. The molecule has 2 aromatic carbocycles. The molecule has 0 amide bonds. The molecule has 0 saturated carbocycles. The maximum Gasteiger partial charge on any atom is 0.327 e. The number of nitrogens with zero attached hydrogens (tertiary/aromatic N) is 4. The molecule has 1 heterocycles. The standard InChI is InChI=1S/C23H23N5O/c1-15(2)19-7-5-6-8-20(19)21(25-4)27-22-16(3)26-23(29)28(22)14-18-11-9-17(13-24)10-12-18/h5-12,15H,4,14H2,1-3H3,(H,26,29). The third kappa shape index (κ3) is 4.25. The van der Waals surface area contributed by atoms with Crippen molar-refractivity contribution in [1.82, 2.24) is 9.55 Å². The summed E-state index contributed by atoms with van der Waals surface area (Å²) < 4.78 is 1.57. The number of H-pyrrole nitrogens is 1. The molecule has 0 atom stereocenters. The van der Waals surface area contributed by atoms with Gasteiger partial charge in [0.25, 0.3) is 0 Å². The molecule has 0 aliphatic carbocycles. The van der Waals surface area contributed by atoms with Crippen LogP contribution < -0.4 is 5.69 Å². The Morgan fingerprint density at radius 1 is 1.21 bits per heavy atom. The van der Waals surface area contributed by atoms with E-state index in [0.29, 0.717) is 35.4 Å². The summed E-state index contributed by atoms with van der Waals surface area (Å²) in [5.74, 6) is 1.29. The van der Waals surface area contributed by atoms with Gasteiger partial charge in [0, 0.05) is 5.56 Å². The molecule has 3 rings (SSSR count).